The fourth-order valence-corrected chi connectivity index (χ4v) is 4.36. The second kappa shape index (κ2) is 8.88. The van der Waals surface area contributed by atoms with Crippen LogP contribution in [0.3, 0.4) is 0 Å². The van der Waals surface area contributed by atoms with Crippen molar-refractivity contribution in [2.75, 3.05) is 13.7 Å². The molecule has 4 N–H and O–H groups in total. The van der Waals surface area contributed by atoms with Crippen molar-refractivity contribution in [3.05, 3.63) is 29.3 Å². The minimum atomic E-state index is -1.37. The van der Waals surface area contributed by atoms with E-state index in [0.29, 0.717) is 11.5 Å². The Hall–Kier alpha value is -1.18. The quantitative estimate of drug-likeness (QED) is 0.619. The molecule has 0 aromatic heterocycles. The van der Waals surface area contributed by atoms with Crippen LogP contribution in [0.4, 0.5) is 0 Å². The van der Waals surface area contributed by atoms with Gasteiger partial charge in [-0.2, -0.15) is 0 Å². The summed E-state index contributed by atoms with van der Waals surface area (Å²) in [4.78, 5) is 0. The van der Waals surface area contributed by atoms with Crippen LogP contribution in [0.5, 0.6) is 5.75 Å². The first kappa shape index (κ1) is 20.6. The van der Waals surface area contributed by atoms with Crippen LogP contribution in [0.1, 0.15) is 49.8 Å². The number of benzene rings is 1. The highest BCUT2D eigenvalue weighted by molar-refractivity contribution is 5.39. The predicted molar refractivity (Wildman–Crippen MR) is 101 cm³/mol. The summed E-state index contributed by atoms with van der Waals surface area (Å²) in [6.07, 6.45) is 0.118. The molecule has 6 nitrogen and oxygen atoms in total. The summed E-state index contributed by atoms with van der Waals surface area (Å²) in [5, 5.41) is 39.9. The van der Waals surface area contributed by atoms with Gasteiger partial charge in [-0.15, -0.1) is 0 Å². The molecule has 1 saturated heterocycles. The zero-order valence-electron chi connectivity index (χ0n) is 16.1. The highest BCUT2D eigenvalue weighted by Gasteiger charge is 2.44. The fraction of sp³-hybridized carbons (Fsp3) is 0.714. The van der Waals surface area contributed by atoms with Crippen molar-refractivity contribution in [2.24, 2.45) is 11.8 Å². The zero-order chi connectivity index (χ0) is 19.6. The van der Waals surface area contributed by atoms with E-state index in [1.54, 1.807) is 13.2 Å². The van der Waals surface area contributed by atoms with E-state index in [4.69, 9.17) is 9.47 Å². The maximum absolute atomic E-state index is 10.4. The molecular formula is C21H32O6. The van der Waals surface area contributed by atoms with Crippen molar-refractivity contribution < 1.29 is 29.9 Å². The highest BCUT2D eigenvalue weighted by Crippen LogP contribution is 2.37. The Balaban J connectivity index is 1.81. The van der Waals surface area contributed by atoms with E-state index >= 15 is 0 Å². The van der Waals surface area contributed by atoms with Gasteiger partial charge in [-0.25, -0.2) is 0 Å². The lowest BCUT2D eigenvalue weighted by atomic mass is 9.79. The molecule has 152 valence electrons. The average Bonchev–Trinajstić information content (AvgIpc) is 2.68. The van der Waals surface area contributed by atoms with Crippen LogP contribution in [0.25, 0.3) is 0 Å². The van der Waals surface area contributed by atoms with Crippen molar-refractivity contribution in [1.29, 1.82) is 0 Å². The van der Waals surface area contributed by atoms with Crippen LogP contribution >= 0.6 is 0 Å². The van der Waals surface area contributed by atoms with Crippen molar-refractivity contribution in [2.45, 2.75) is 69.5 Å². The van der Waals surface area contributed by atoms with Gasteiger partial charge in [0.1, 0.15) is 36.3 Å². The number of rotatable bonds is 5. The molecule has 1 aliphatic carbocycles. The van der Waals surface area contributed by atoms with Crippen molar-refractivity contribution in [3.8, 4) is 5.75 Å². The summed E-state index contributed by atoms with van der Waals surface area (Å²) in [6.45, 7) is 1.88. The van der Waals surface area contributed by atoms with Crippen LogP contribution in [0.15, 0.2) is 18.2 Å². The van der Waals surface area contributed by atoms with Crippen LogP contribution in [0, 0.1) is 11.8 Å². The predicted octanol–water partition coefficient (Wildman–Crippen LogP) is 1.58. The van der Waals surface area contributed by atoms with Gasteiger partial charge < -0.3 is 29.9 Å². The standard InChI is InChI=1S/C21H32O6/c1-12-3-5-13(6-4-12)9-15-10-14(7-8-16(15)26-2)21-20(25)19(24)18(23)17(11-22)27-21/h7-8,10,12-13,17-25H,3-6,9,11H2,1-2H3. The normalized spacial score (nSPS) is 37.2. The molecular weight excluding hydrogens is 348 g/mol. The van der Waals surface area contributed by atoms with E-state index in [9.17, 15) is 20.4 Å². The van der Waals surface area contributed by atoms with E-state index < -0.39 is 37.1 Å². The zero-order valence-corrected chi connectivity index (χ0v) is 16.1. The summed E-state index contributed by atoms with van der Waals surface area (Å²) < 4.78 is 11.2. The van der Waals surface area contributed by atoms with E-state index in [2.05, 4.69) is 6.92 Å². The Morgan fingerprint density at radius 1 is 1.04 bits per heavy atom. The summed E-state index contributed by atoms with van der Waals surface area (Å²) in [5.41, 5.74) is 1.78. The van der Waals surface area contributed by atoms with Crippen LogP contribution in [0.2, 0.25) is 0 Å². The van der Waals surface area contributed by atoms with Gasteiger partial charge in [0.2, 0.25) is 0 Å². The Labute approximate surface area is 160 Å². The Bertz CT molecular complexity index is 611. The maximum Gasteiger partial charge on any atom is 0.122 e. The monoisotopic (exact) mass is 380 g/mol. The molecule has 0 spiro atoms. The van der Waals surface area contributed by atoms with Gasteiger partial charge in [0.15, 0.2) is 0 Å². The summed E-state index contributed by atoms with van der Waals surface area (Å²) in [7, 11) is 1.65. The van der Waals surface area contributed by atoms with Gasteiger partial charge in [-0.3, -0.25) is 0 Å². The topological polar surface area (TPSA) is 99.4 Å². The molecule has 27 heavy (non-hydrogen) atoms. The molecule has 0 radical (unpaired) electrons. The molecule has 3 rings (SSSR count). The molecule has 1 saturated carbocycles. The molecule has 1 aromatic carbocycles. The molecule has 1 heterocycles. The van der Waals surface area contributed by atoms with Crippen molar-refractivity contribution in [1.82, 2.24) is 0 Å². The van der Waals surface area contributed by atoms with Gasteiger partial charge in [-0.1, -0.05) is 25.8 Å². The molecule has 0 bridgehead atoms. The van der Waals surface area contributed by atoms with E-state index in [-0.39, 0.29) is 0 Å². The highest BCUT2D eigenvalue weighted by atomic mass is 16.5. The number of aliphatic hydroxyl groups excluding tert-OH is 4. The second-order valence-electron chi connectivity index (χ2n) is 8.15. The SMILES string of the molecule is COc1ccc(C2OC(CO)C(O)C(O)C2O)cc1CC1CCC(C)CC1. The summed E-state index contributed by atoms with van der Waals surface area (Å²) in [6, 6.07) is 5.62. The number of hydrogen-bond acceptors (Lipinski definition) is 6. The van der Waals surface area contributed by atoms with Gasteiger partial charge in [0.25, 0.3) is 0 Å². The Morgan fingerprint density at radius 3 is 2.37 bits per heavy atom. The van der Waals surface area contributed by atoms with Crippen LogP contribution in [-0.2, 0) is 11.2 Å². The van der Waals surface area contributed by atoms with E-state index in [1.165, 1.54) is 25.7 Å². The van der Waals surface area contributed by atoms with Crippen LogP contribution < -0.4 is 4.74 Å². The number of aliphatic hydroxyl groups is 4. The Kier molecular flexibility index (Phi) is 6.76. The van der Waals surface area contributed by atoms with E-state index in [0.717, 1.165) is 23.7 Å². The lowest BCUT2D eigenvalue weighted by molar-refractivity contribution is -0.231. The second-order valence-corrected chi connectivity index (χ2v) is 8.15. The average molecular weight is 380 g/mol. The lowest BCUT2D eigenvalue weighted by Crippen LogP contribution is -2.55. The van der Waals surface area contributed by atoms with Gasteiger partial charge in [-0.05, 0) is 54.4 Å². The number of hydrogen-bond donors (Lipinski definition) is 4. The molecule has 5 unspecified atom stereocenters. The maximum atomic E-state index is 10.4. The molecule has 2 aliphatic rings. The largest absolute Gasteiger partial charge is 0.496 e. The first-order chi connectivity index (χ1) is 12.9. The molecule has 2 fully saturated rings. The van der Waals surface area contributed by atoms with E-state index in [1.807, 2.05) is 12.1 Å². The van der Waals surface area contributed by atoms with Crippen molar-refractivity contribution in [3.63, 3.8) is 0 Å². The van der Waals surface area contributed by atoms with Gasteiger partial charge in [0.05, 0.1) is 13.7 Å². The summed E-state index contributed by atoms with van der Waals surface area (Å²) >= 11 is 0. The fourth-order valence-electron chi connectivity index (χ4n) is 4.36. The van der Waals surface area contributed by atoms with Crippen LogP contribution in [-0.4, -0.2) is 58.6 Å². The molecule has 0 amide bonds. The smallest absolute Gasteiger partial charge is 0.122 e. The van der Waals surface area contributed by atoms with Crippen molar-refractivity contribution >= 4 is 0 Å². The third-order valence-corrected chi connectivity index (χ3v) is 6.17. The minimum Gasteiger partial charge on any atom is -0.496 e. The third-order valence-electron chi connectivity index (χ3n) is 6.17. The number of methoxy groups -OCH3 is 1. The molecule has 1 aromatic rings. The van der Waals surface area contributed by atoms with Gasteiger partial charge in [0, 0.05) is 0 Å². The molecule has 5 atom stereocenters. The molecule has 1 aliphatic heterocycles. The first-order valence-electron chi connectivity index (χ1n) is 9.92. The lowest BCUT2D eigenvalue weighted by Gasteiger charge is -2.40. The third kappa shape index (κ3) is 4.46. The molecule has 6 heteroatoms. The van der Waals surface area contributed by atoms with Gasteiger partial charge >= 0.3 is 0 Å². The summed E-state index contributed by atoms with van der Waals surface area (Å²) in [5.74, 6) is 2.21. The first-order valence-corrected chi connectivity index (χ1v) is 9.92. The minimum absolute atomic E-state index is 0.426. The Morgan fingerprint density at radius 2 is 1.74 bits per heavy atom. The number of ether oxygens (including phenoxy) is 2.